The predicted octanol–water partition coefficient (Wildman–Crippen LogP) is 1.98. The van der Waals surface area contributed by atoms with Crippen molar-refractivity contribution < 1.29 is 5.11 Å². The van der Waals surface area contributed by atoms with Crippen LogP contribution in [0.1, 0.15) is 11.9 Å². The number of H-pyrrole nitrogens is 1. The van der Waals surface area contributed by atoms with E-state index in [1.165, 1.54) is 0 Å². The van der Waals surface area contributed by atoms with Gasteiger partial charge in [-0.3, -0.25) is 0 Å². The molecule has 0 spiro atoms. The number of aromatic amines is 1. The number of hydrogen-bond donors (Lipinski definition) is 3. The van der Waals surface area contributed by atoms with Crippen LogP contribution in [-0.4, -0.2) is 45.7 Å². The Bertz CT molecular complexity index is 794. The number of nitrogens with zero attached hydrogens (tertiary/aromatic N) is 3. The molecular weight excluding hydrogens is 310 g/mol. The number of anilines is 1. The summed E-state index contributed by atoms with van der Waals surface area (Å²) in [5, 5.41) is 14.8. The molecule has 1 unspecified atom stereocenters. The third kappa shape index (κ3) is 2.71. The van der Waals surface area contributed by atoms with Crippen molar-refractivity contribution in [2.45, 2.75) is 19.6 Å². The maximum atomic E-state index is 9.50. The van der Waals surface area contributed by atoms with E-state index >= 15 is 0 Å². The average Bonchev–Trinajstić information content (AvgIpc) is 3.18. The highest BCUT2D eigenvalue weighted by Crippen LogP contribution is 2.36. The van der Waals surface area contributed by atoms with Gasteiger partial charge in [0.2, 0.25) is 0 Å². The summed E-state index contributed by atoms with van der Waals surface area (Å²) in [5.74, 6) is 0.767. The summed E-state index contributed by atoms with van der Waals surface area (Å²) in [6.45, 7) is 4.96. The Morgan fingerprint density at radius 3 is 3.00 bits per heavy atom. The molecule has 7 heteroatoms. The number of aliphatic hydroxyl groups excluding tert-OH is 1. The molecule has 1 aliphatic rings. The number of nitrogens with one attached hydrogen (secondary N) is 2. The Kier molecular flexibility index (Phi) is 3.76. The Balaban J connectivity index is 1.79. The lowest BCUT2D eigenvalue weighted by Crippen LogP contribution is -2.49. The molecule has 0 radical (unpaired) electrons. The van der Waals surface area contributed by atoms with Crippen molar-refractivity contribution in [3.8, 4) is 11.5 Å². The van der Waals surface area contributed by atoms with E-state index in [2.05, 4.69) is 32.1 Å². The molecular formula is C16H19N5OS. The van der Waals surface area contributed by atoms with Crippen LogP contribution in [-0.2, 0) is 6.61 Å². The summed E-state index contributed by atoms with van der Waals surface area (Å²) >= 11 is 1.55. The van der Waals surface area contributed by atoms with E-state index in [0.717, 1.165) is 52.2 Å². The minimum absolute atomic E-state index is 0.0421. The number of thiazole rings is 1. The lowest BCUT2D eigenvalue weighted by Gasteiger charge is -2.32. The number of rotatable bonds is 3. The van der Waals surface area contributed by atoms with Gasteiger partial charge in [0.25, 0.3) is 0 Å². The van der Waals surface area contributed by atoms with Crippen LogP contribution in [0.25, 0.3) is 22.6 Å². The number of benzene rings is 1. The molecule has 1 aromatic carbocycles. The number of aromatic nitrogens is 3. The minimum atomic E-state index is -0.0421. The fourth-order valence-electron chi connectivity index (χ4n) is 2.97. The van der Waals surface area contributed by atoms with Crippen molar-refractivity contribution in [3.05, 3.63) is 29.3 Å². The van der Waals surface area contributed by atoms with E-state index in [0.29, 0.717) is 6.04 Å². The van der Waals surface area contributed by atoms with Crippen LogP contribution in [0.15, 0.2) is 24.3 Å². The highest BCUT2D eigenvalue weighted by Gasteiger charge is 2.24. The summed E-state index contributed by atoms with van der Waals surface area (Å²) in [6, 6.07) is 8.40. The van der Waals surface area contributed by atoms with Crippen LogP contribution in [0.3, 0.4) is 0 Å². The molecule has 120 valence electrons. The van der Waals surface area contributed by atoms with Gasteiger partial charge in [-0.2, -0.15) is 0 Å². The van der Waals surface area contributed by atoms with Gasteiger partial charge >= 0.3 is 0 Å². The van der Waals surface area contributed by atoms with Gasteiger partial charge in [-0.25, -0.2) is 9.97 Å². The van der Waals surface area contributed by atoms with Crippen LogP contribution >= 0.6 is 11.3 Å². The Hall–Kier alpha value is -1.96. The standard InChI is InChI=1S/C16H19N5OS/c1-10-8-21(7-6-17-10)16-14(20-13(9-22)23-16)15-18-11-4-2-3-5-12(11)19-15/h2-5,10,17,22H,6-9H2,1H3,(H,18,19). The van der Waals surface area contributed by atoms with Gasteiger partial charge in [-0.1, -0.05) is 23.5 Å². The first-order valence-electron chi connectivity index (χ1n) is 7.78. The van der Waals surface area contributed by atoms with Crippen molar-refractivity contribution in [1.29, 1.82) is 0 Å². The molecule has 0 bridgehead atoms. The van der Waals surface area contributed by atoms with Gasteiger partial charge in [0.1, 0.15) is 15.7 Å². The summed E-state index contributed by atoms with van der Waals surface area (Å²) in [7, 11) is 0. The number of para-hydroxylation sites is 2. The van der Waals surface area contributed by atoms with E-state index in [1.807, 2.05) is 24.3 Å². The molecule has 23 heavy (non-hydrogen) atoms. The summed E-state index contributed by atoms with van der Waals surface area (Å²) in [4.78, 5) is 15.0. The van der Waals surface area contributed by atoms with Gasteiger partial charge in [0.05, 0.1) is 17.6 Å². The van der Waals surface area contributed by atoms with Crippen molar-refractivity contribution in [3.63, 3.8) is 0 Å². The predicted molar refractivity (Wildman–Crippen MR) is 92.8 cm³/mol. The molecule has 0 saturated carbocycles. The molecule has 3 N–H and O–H groups in total. The van der Waals surface area contributed by atoms with Gasteiger partial charge in [-0.15, -0.1) is 0 Å². The van der Waals surface area contributed by atoms with Gasteiger partial charge in [-0.05, 0) is 19.1 Å². The molecule has 6 nitrogen and oxygen atoms in total. The highest BCUT2D eigenvalue weighted by atomic mass is 32.1. The summed E-state index contributed by atoms with van der Waals surface area (Å²) in [5.41, 5.74) is 2.77. The van der Waals surface area contributed by atoms with Crippen LogP contribution in [0, 0.1) is 0 Å². The molecule has 1 saturated heterocycles. The van der Waals surface area contributed by atoms with E-state index in [-0.39, 0.29) is 6.61 Å². The Labute approximate surface area is 138 Å². The second kappa shape index (κ2) is 5.92. The maximum Gasteiger partial charge on any atom is 0.160 e. The molecule has 3 aromatic rings. The number of fused-ring (bicyclic) bond motifs is 1. The number of piperazine rings is 1. The fourth-order valence-corrected chi connectivity index (χ4v) is 3.93. The quantitative estimate of drug-likeness (QED) is 0.685. The van der Waals surface area contributed by atoms with Gasteiger partial charge in [0, 0.05) is 25.7 Å². The van der Waals surface area contributed by atoms with Gasteiger partial charge in [0.15, 0.2) is 5.82 Å². The third-order valence-corrected chi connectivity index (χ3v) is 5.16. The second-order valence-corrected chi connectivity index (χ2v) is 6.89. The normalized spacial score (nSPS) is 18.7. The van der Waals surface area contributed by atoms with Crippen LogP contribution in [0.2, 0.25) is 0 Å². The molecule has 0 aliphatic carbocycles. The lowest BCUT2D eigenvalue weighted by molar-refractivity contribution is 0.281. The Morgan fingerprint density at radius 1 is 1.35 bits per heavy atom. The topological polar surface area (TPSA) is 77.1 Å². The SMILES string of the molecule is CC1CN(c2sc(CO)nc2-c2nc3ccccc3[nH]2)CCN1. The third-order valence-electron chi connectivity index (χ3n) is 4.06. The average molecular weight is 329 g/mol. The van der Waals surface area contributed by atoms with E-state index in [9.17, 15) is 5.11 Å². The van der Waals surface area contributed by atoms with E-state index in [1.54, 1.807) is 11.3 Å². The Morgan fingerprint density at radius 2 is 2.22 bits per heavy atom. The summed E-state index contributed by atoms with van der Waals surface area (Å²) < 4.78 is 0. The largest absolute Gasteiger partial charge is 0.389 e. The van der Waals surface area contributed by atoms with Crippen molar-refractivity contribution in [1.82, 2.24) is 20.3 Å². The molecule has 1 atom stereocenters. The summed E-state index contributed by atoms with van der Waals surface area (Å²) in [6.07, 6.45) is 0. The number of aliphatic hydroxyl groups is 1. The van der Waals surface area contributed by atoms with E-state index in [4.69, 9.17) is 0 Å². The molecule has 1 aliphatic heterocycles. The van der Waals surface area contributed by atoms with E-state index < -0.39 is 0 Å². The zero-order valence-electron chi connectivity index (χ0n) is 12.9. The number of hydrogen-bond acceptors (Lipinski definition) is 6. The van der Waals surface area contributed by atoms with Crippen molar-refractivity contribution in [2.24, 2.45) is 0 Å². The van der Waals surface area contributed by atoms with Crippen LogP contribution in [0.5, 0.6) is 0 Å². The fraction of sp³-hybridized carbons (Fsp3) is 0.375. The molecule has 0 amide bonds. The monoisotopic (exact) mass is 329 g/mol. The second-order valence-electron chi connectivity index (χ2n) is 5.82. The first-order chi connectivity index (χ1) is 11.2. The highest BCUT2D eigenvalue weighted by molar-refractivity contribution is 7.16. The van der Waals surface area contributed by atoms with Crippen molar-refractivity contribution in [2.75, 3.05) is 24.5 Å². The first kappa shape index (κ1) is 14.6. The van der Waals surface area contributed by atoms with Crippen LogP contribution in [0.4, 0.5) is 5.00 Å². The van der Waals surface area contributed by atoms with Crippen LogP contribution < -0.4 is 10.2 Å². The zero-order valence-corrected chi connectivity index (χ0v) is 13.7. The maximum absolute atomic E-state index is 9.50. The molecule has 1 fully saturated rings. The lowest BCUT2D eigenvalue weighted by atomic mass is 10.2. The molecule has 3 heterocycles. The first-order valence-corrected chi connectivity index (χ1v) is 8.60. The zero-order chi connectivity index (χ0) is 15.8. The van der Waals surface area contributed by atoms with Crippen molar-refractivity contribution >= 4 is 27.4 Å². The smallest absolute Gasteiger partial charge is 0.160 e. The molecule has 4 rings (SSSR count). The molecule has 2 aromatic heterocycles. The number of imidazole rings is 1. The van der Waals surface area contributed by atoms with Gasteiger partial charge < -0.3 is 20.3 Å². The minimum Gasteiger partial charge on any atom is -0.389 e.